The number of pyridine rings is 1. The molecule has 15 nitrogen and oxygen atoms in total. The van der Waals surface area contributed by atoms with Crippen LogP contribution in [0.3, 0.4) is 0 Å². The summed E-state index contributed by atoms with van der Waals surface area (Å²) in [6.45, 7) is 16.0. The molecule has 56 heavy (non-hydrogen) atoms. The van der Waals surface area contributed by atoms with Crippen molar-refractivity contribution in [3.63, 3.8) is 0 Å². The maximum absolute atomic E-state index is 14.5. The average Bonchev–Trinajstić information content (AvgIpc) is 4.02. The minimum absolute atomic E-state index is 0.0423. The predicted molar refractivity (Wildman–Crippen MR) is 208 cm³/mol. The Kier molecular flexibility index (Phi) is 12.5. The summed E-state index contributed by atoms with van der Waals surface area (Å²) >= 11 is 0. The molecule has 2 saturated carbocycles. The third kappa shape index (κ3) is 10.4. The van der Waals surface area contributed by atoms with Gasteiger partial charge in [-0.1, -0.05) is 11.6 Å². The first-order valence-electron chi connectivity index (χ1n) is 18.9. The molecule has 16 heteroatoms. The van der Waals surface area contributed by atoms with Crippen molar-refractivity contribution in [3.8, 4) is 11.6 Å². The minimum Gasteiger partial charge on any atom is -0.491 e. The van der Waals surface area contributed by atoms with Crippen LogP contribution in [0.15, 0.2) is 54.8 Å². The Morgan fingerprint density at radius 3 is 2.43 bits per heavy atom. The highest BCUT2D eigenvalue weighted by Gasteiger charge is 2.62. The monoisotopic (exact) mass is 795 g/mol. The Hall–Kier alpha value is -4.99. The van der Waals surface area contributed by atoms with E-state index in [1.165, 1.54) is 17.1 Å². The van der Waals surface area contributed by atoms with Crippen molar-refractivity contribution in [1.29, 1.82) is 0 Å². The number of nitrogens with one attached hydrogen (secondary N) is 3. The maximum atomic E-state index is 14.5. The number of benzene rings is 1. The standard InChI is InChI=1S/C40H53N5O10S/c1-9-26-21-40(26,37(49)44-56(51,52)30-12-13-30)43-34(47)33-20-29(54-35-31-14-11-28(53-24(4)5)19-25(31)16-17-41-35)22-45(33)36(48)32(15-10-27(46)18-23(2)3)42-38(50)55-39(6,7)8/h9,11,14,16-19,24,26,29-30,32-33H,1,10,12-13,15,20-22H2,2-8H3,(H,42,50)(H,43,47)(H,44,49)/t26-,29-,32+,33+,40-/m1/s1. The topological polar surface area (TPSA) is 199 Å². The average molecular weight is 796 g/mol. The summed E-state index contributed by atoms with van der Waals surface area (Å²) in [6, 6.07) is 4.74. The first-order chi connectivity index (χ1) is 26.2. The van der Waals surface area contributed by atoms with Crippen molar-refractivity contribution in [2.75, 3.05) is 6.54 Å². The molecule has 1 saturated heterocycles. The van der Waals surface area contributed by atoms with Gasteiger partial charge in [-0.05, 0) is 110 Å². The normalized spacial score (nSPS) is 22.4. The fraction of sp³-hybridized carbons (Fsp3) is 0.550. The molecule has 2 aromatic rings. The van der Waals surface area contributed by atoms with Crippen LogP contribution >= 0.6 is 0 Å². The molecule has 0 radical (unpaired) electrons. The second kappa shape index (κ2) is 16.6. The summed E-state index contributed by atoms with van der Waals surface area (Å²) in [5.74, 6) is -2.20. The zero-order chi connectivity index (χ0) is 41.2. The summed E-state index contributed by atoms with van der Waals surface area (Å²) in [7, 11) is -3.94. The number of rotatable bonds is 16. The van der Waals surface area contributed by atoms with E-state index in [0.29, 0.717) is 24.0 Å². The quantitative estimate of drug-likeness (QED) is 0.162. The summed E-state index contributed by atoms with van der Waals surface area (Å²) in [4.78, 5) is 73.8. The number of hydrogen-bond donors (Lipinski definition) is 3. The van der Waals surface area contributed by atoms with Crippen LogP contribution in [-0.2, 0) is 33.9 Å². The van der Waals surface area contributed by atoms with Crippen LogP contribution in [0.2, 0.25) is 0 Å². The van der Waals surface area contributed by atoms with Gasteiger partial charge < -0.3 is 29.7 Å². The molecule has 3 fully saturated rings. The molecule has 5 atom stereocenters. The Morgan fingerprint density at radius 1 is 1.11 bits per heavy atom. The molecule has 304 valence electrons. The molecular formula is C40H53N5O10S. The molecule has 1 aliphatic heterocycles. The molecule has 3 aliphatic rings. The van der Waals surface area contributed by atoms with E-state index >= 15 is 0 Å². The van der Waals surface area contributed by atoms with Crippen molar-refractivity contribution in [2.45, 2.75) is 128 Å². The van der Waals surface area contributed by atoms with Crippen LogP contribution in [0.1, 0.15) is 87.0 Å². The molecule has 4 amide bonds. The van der Waals surface area contributed by atoms with E-state index in [4.69, 9.17) is 14.2 Å². The lowest BCUT2D eigenvalue weighted by atomic mass is 10.1. The van der Waals surface area contributed by atoms with Gasteiger partial charge in [0.1, 0.15) is 35.1 Å². The van der Waals surface area contributed by atoms with Gasteiger partial charge in [-0.15, -0.1) is 6.58 Å². The van der Waals surface area contributed by atoms with E-state index in [0.717, 1.165) is 11.0 Å². The van der Waals surface area contributed by atoms with Crippen molar-refractivity contribution in [2.24, 2.45) is 5.92 Å². The lowest BCUT2D eigenvalue weighted by Gasteiger charge is -2.30. The predicted octanol–water partition coefficient (Wildman–Crippen LogP) is 4.25. The van der Waals surface area contributed by atoms with Crippen molar-refractivity contribution in [3.05, 3.63) is 54.8 Å². The summed E-state index contributed by atoms with van der Waals surface area (Å²) < 4.78 is 45.3. The zero-order valence-electron chi connectivity index (χ0n) is 33.0. The van der Waals surface area contributed by atoms with Gasteiger partial charge in [-0.25, -0.2) is 18.2 Å². The molecule has 0 bridgehead atoms. The van der Waals surface area contributed by atoms with E-state index in [9.17, 15) is 32.4 Å². The van der Waals surface area contributed by atoms with E-state index in [1.54, 1.807) is 52.9 Å². The second-order valence-electron chi connectivity index (χ2n) is 16.3. The molecule has 3 N–H and O–H groups in total. The first kappa shape index (κ1) is 42.2. The maximum Gasteiger partial charge on any atom is 0.408 e. The van der Waals surface area contributed by atoms with Gasteiger partial charge >= 0.3 is 6.09 Å². The fourth-order valence-electron chi connectivity index (χ4n) is 6.71. The molecule has 2 heterocycles. The fourth-order valence-corrected chi connectivity index (χ4v) is 8.07. The highest BCUT2D eigenvalue weighted by atomic mass is 32.2. The number of ether oxygens (including phenoxy) is 3. The van der Waals surface area contributed by atoms with E-state index in [2.05, 4.69) is 26.9 Å². The number of ketones is 1. The minimum atomic E-state index is -3.94. The number of amides is 4. The van der Waals surface area contributed by atoms with Crippen LogP contribution < -0.4 is 24.8 Å². The number of hydrogen-bond acceptors (Lipinski definition) is 11. The number of carbonyl (C=O) groups is 5. The Morgan fingerprint density at radius 2 is 1.82 bits per heavy atom. The van der Waals surface area contributed by atoms with Gasteiger partial charge in [0.15, 0.2) is 5.78 Å². The number of allylic oxidation sites excluding steroid dienone is 2. The number of alkyl carbamates (subject to hydrolysis) is 1. The highest BCUT2D eigenvalue weighted by Crippen LogP contribution is 2.45. The third-order valence-electron chi connectivity index (χ3n) is 9.56. The number of likely N-dealkylation sites (tertiary alicyclic amines) is 1. The smallest absolute Gasteiger partial charge is 0.408 e. The van der Waals surface area contributed by atoms with Gasteiger partial charge in [0, 0.05) is 30.3 Å². The lowest BCUT2D eigenvalue weighted by Crippen LogP contribution is -2.58. The molecule has 2 aliphatic carbocycles. The van der Waals surface area contributed by atoms with Gasteiger partial charge in [0.25, 0.3) is 5.91 Å². The van der Waals surface area contributed by atoms with Crippen molar-refractivity contribution < 1.29 is 46.6 Å². The zero-order valence-corrected chi connectivity index (χ0v) is 33.9. The van der Waals surface area contributed by atoms with E-state index < -0.39 is 74.3 Å². The first-order valence-corrected chi connectivity index (χ1v) is 20.5. The van der Waals surface area contributed by atoms with Crippen molar-refractivity contribution >= 4 is 50.4 Å². The van der Waals surface area contributed by atoms with Gasteiger partial charge in [0.2, 0.25) is 27.7 Å². The molecule has 5 rings (SSSR count). The van der Waals surface area contributed by atoms with E-state index in [-0.39, 0.29) is 50.0 Å². The number of nitrogens with zero attached hydrogens (tertiary/aromatic N) is 2. The Balaban J connectivity index is 1.45. The Labute approximate surface area is 328 Å². The second-order valence-corrected chi connectivity index (χ2v) is 18.2. The lowest BCUT2D eigenvalue weighted by molar-refractivity contribution is -0.141. The van der Waals surface area contributed by atoms with Crippen molar-refractivity contribution in [1.82, 2.24) is 25.2 Å². The molecule has 0 unspecified atom stereocenters. The number of carbonyl (C=O) groups excluding carboxylic acids is 5. The highest BCUT2D eigenvalue weighted by molar-refractivity contribution is 7.91. The Bertz CT molecular complexity index is 2020. The van der Waals surface area contributed by atoms with Crippen LogP contribution in [0.25, 0.3) is 10.8 Å². The third-order valence-corrected chi connectivity index (χ3v) is 11.4. The summed E-state index contributed by atoms with van der Waals surface area (Å²) in [5, 5.41) is 6.13. The van der Waals surface area contributed by atoms with Crippen LogP contribution in [0.4, 0.5) is 4.79 Å². The van der Waals surface area contributed by atoms with E-state index in [1.807, 2.05) is 26.0 Å². The summed E-state index contributed by atoms with van der Waals surface area (Å²) in [6.07, 6.45) is 3.50. The SMILES string of the molecule is C=C[C@@H]1C[C@]1(NC(=O)[C@@H]1C[C@@H](Oc2nccc3cc(OC(C)C)ccc23)CN1C(=O)[C@H](CCC(=O)C=C(C)C)NC(=O)OC(C)(C)C)C(=O)NS(=O)(=O)C1CC1. The molecular weight excluding hydrogens is 743 g/mol. The number of fused-ring (bicyclic) bond motifs is 1. The molecule has 0 spiro atoms. The van der Waals surface area contributed by atoms with Gasteiger partial charge in [-0.3, -0.25) is 23.9 Å². The largest absolute Gasteiger partial charge is 0.491 e. The molecule has 1 aromatic heterocycles. The molecule has 1 aromatic carbocycles. The summed E-state index contributed by atoms with van der Waals surface area (Å²) in [5.41, 5.74) is -1.74. The van der Waals surface area contributed by atoms with Crippen LogP contribution in [0.5, 0.6) is 11.6 Å². The van der Waals surface area contributed by atoms with Crippen LogP contribution in [0, 0.1) is 5.92 Å². The number of sulfonamides is 1. The van der Waals surface area contributed by atoms with Gasteiger partial charge in [-0.2, -0.15) is 0 Å². The number of aromatic nitrogens is 1. The van der Waals surface area contributed by atoms with Crippen LogP contribution in [-0.4, -0.2) is 95.1 Å². The van der Waals surface area contributed by atoms with Gasteiger partial charge in [0.05, 0.1) is 17.9 Å².